The van der Waals surface area contributed by atoms with Gasteiger partial charge >= 0.3 is 6.03 Å². The Kier molecular flexibility index (Phi) is 6.63. The molecule has 1 saturated heterocycles. The molecule has 0 saturated carbocycles. The van der Waals surface area contributed by atoms with Crippen molar-refractivity contribution < 1.29 is 14.4 Å². The maximum absolute atomic E-state index is 13.4. The molecule has 0 bridgehead atoms. The van der Waals surface area contributed by atoms with E-state index in [9.17, 15) is 14.4 Å². The Morgan fingerprint density at radius 1 is 0.972 bits per heavy atom. The average Bonchev–Trinajstić information content (AvgIpc) is 3.02. The van der Waals surface area contributed by atoms with Gasteiger partial charge < -0.3 is 10.2 Å². The lowest BCUT2D eigenvalue weighted by atomic mass is 9.87. The average molecular weight is 486 g/mol. The molecule has 2 aromatic heterocycles. The second kappa shape index (κ2) is 9.53. The molecule has 0 radical (unpaired) electrons. The summed E-state index contributed by atoms with van der Waals surface area (Å²) >= 11 is 0. The second-order valence-corrected chi connectivity index (χ2v) is 10.4. The molecule has 1 N–H and O–H groups in total. The van der Waals surface area contributed by atoms with Crippen LogP contribution in [0.15, 0.2) is 67.0 Å². The minimum atomic E-state index is -1.05. The zero-order valence-electron chi connectivity index (χ0n) is 21.3. The van der Waals surface area contributed by atoms with E-state index in [0.29, 0.717) is 11.3 Å². The number of carbonyl (C=O) groups excluding carboxylic acids is 3. The fraction of sp³-hybridized carbons (Fsp3) is 0.321. The van der Waals surface area contributed by atoms with E-state index in [-0.39, 0.29) is 36.0 Å². The Labute approximate surface area is 211 Å². The Bertz CT molecular complexity index is 1280. The van der Waals surface area contributed by atoms with Crippen molar-refractivity contribution in [2.45, 2.75) is 58.7 Å². The minimum absolute atomic E-state index is 0.0359. The number of rotatable bonds is 6. The predicted octanol–water partition coefficient (Wildman–Crippen LogP) is 4.45. The molecule has 186 valence electrons. The molecule has 1 fully saturated rings. The first-order valence-corrected chi connectivity index (χ1v) is 11.9. The molecular weight excluding hydrogens is 454 g/mol. The van der Waals surface area contributed by atoms with Crippen LogP contribution in [0.2, 0.25) is 0 Å². The van der Waals surface area contributed by atoms with E-state index >= 15 is 0 Å². The number of aromatic nitrogens is 2. The fourth-order valence-corrected chi connectivity index (χ4v) is 4.08. The molecule has 1 aromatic carbocycles. The molecule has 0 unspecified atom stereocenters. The number of nitrogens with one attached hydrogen (secondary N) is 1. The largest absolute Gasteiger partial charge is 0.345 e. The van der Waals surface area contributed by atoms with Crippen LogP contribution in [0.25, 0.3) is 0 Å². The van der Waals surface area contributed by atoms with Gasteiger partial charge in [0.25, 0.3) is 11.8 Å². The smallest absolute Gasteiger partial charge is 0.332 e. The Balaban J connectivity index is 1.51. The first kappa shape index (κ1) is 25.0. The van der Waals surface area contributed by atoms with E-state index in [0.717, 1.165) is 11.3 Å². The van der Waals surface area contributed by atoms with Crippen molar-refractivity contribution in [1.82, 2.24) is 20.2 Å². The number of amides is 4. The third-order valence-electron chi connectivity index (χ3n) is 6.37. The second-order valence-electron chi connectivity index (χ2n) is 10.4. The molecular formula is C28H31N5O3. The van der Waals surface area contributed by atoms with Gasteiger partial charge in [-0.25, -0.2) is 9.69 Å². The van der Waals surface area contributed by atoms with Gasteiger partial charge in [0, 0.05) is 18.9 Å². The number of hydrogen-bond acceptors (Lipinski definition) is 5. The van der Waals surface area contributed by atoms with Crippen molar-refractivity contribution in [3.8, 4) is 0 Å². The highest BCUT2D eigenvalue weighted by Gasteiger charge is 2.51. The molecule has 0 aliphatic carbocycles. The van der Waals surface area contributed by atoms with Gasteiger partial charge in [-0.3, -0.25) is 19.6 Å². The third-order valence-corrected chi connectivity index (χ3v) is 6.37. The summed E-state index contributed by atoms with van der Waals surface area (Å²) in [5.74, 6) is -0.635. The lowest BCUT2D eigenvalue weighted by molar-refractivity contribution is -0.123. The van der Waals surface area contributed by atoms with E-state index in [1.165, 1.54) is 16.0 Å². The van der Waals surface area contributed by atoms with Crippen LogP contribution in [-0.4, -0.2) is 38.3 Å². The molecule has 4 amide bonds. The van der Waals surface area contributed by atoms with Crippen LogP contribution in [0.1, 0.15) is 61.9 Å². The molecule has 3 heterocycles. The van der Waals surface area contributed by atoms with Gasteiger partial charge in [0.05, 0.1) is 17.9 Å². The van der Waals surface area contributed by atoms with E-state index in [1.54, 1.807) is 32.2 Å². The Morgan fingerprint density at radius 3 is 2.33 bits per heavy atom. The number of carbonyl (C=O) groups is 3. The topological polar surface area (TPSA) is 95.5 Å². The van der Waals surface area contributed by atoms with E-state index in [2.05, 4.69) is 36.1 Å². The van der Waals surface area contributed by atoms with Gasteiger partial charge in [0.1, 0.15) is 11.2 Å². The van der Waals surface area contributed by atoms with Crippen LogP contribution in [0.5, 0.6) is 0 Å². The number of anilines is 1. The minimum Gasteiger partial charge on any atom is -0.345 e. The molecule has 1 aliphatic rings. The Hall–Kier alpha value is -4.07. The number of nitrogens with zero attached hydrogens (tertiary/aromatic N) is 4. The van der Waals surface area contributed by atoms with Gasteiger partial charge in [-0.15, -0.1) is 0 Å². The predicted molar refractivity (Wildman–Crippen MR) is 137 cm³/mol. The van der Waals surface area contributed by atoms with Crippen LogP contribution < -0.4 is 10.2 Å². The zero-order valence-corrected chi connectivity index (χ0v) is 21.3. The van der Waals surface area contributed by atoms with Gasteiger partial charge in [0.2, 0.25) is 0 Å². The van der Waals surface area contributed by atoms with Crippen molar-refractivity contribution in [3.63, 3.8) is 0 Å². The molecule has 8 heteroatoms. The summed E-state index contributed by atoms with van der Waals surface area (Å²) in [7, 11) is 0. The molecule has 4 rings (SSSR count). The summed E-state index contributed by atoms with van der Waals surface area (Å²) in [6.07, 6.45) is 3.20. The zero-order chi connectivity index (χ0) is 26.1. The van der Waals surface area contributed by atoms with Crippen molar-refractivity contribution >= 4 is 23.5 Å². The molecule has 3 aromatic rings. The molecule has 0 spiro atoms. The first-order chi connectivity index (χ1) is 17.0. The van der Waals surface area contributed by atoms with Crippen LogP contribution in [0, 0.1) is 0 Å². The molecule has 36 heavy (non-hydrogen) atoms. The summed E-state index contributed by atoms with van der Waals surface area (Å²) in [6.45, 7) is 10.2. The Morgan fingerprint density at radius 2 is 1.69 bits per heavy atom. The molecule has 0 atom stereocenters. The van der Waals surface area contributed by atoms with Gasteiger partial charge in [-0.05, 0) is 66.8 Å². The summed E-state index contributed by atoms with van der Waals surface area (Å²) in [5.41, 5.74) is 2.24. The quantitative estimate of drug-likeness (QED) is 0.521. The van der Waals surface area contributed by atoms with Crippen molar-refractivity contribution in [2.75, 3.05) is 4.90 Å². The van der Waals surface area contributed by atoms with Gasteiger partial charge in [0.15, 0.2) is 0 Å². The van der Waals surface area contributed by atoms with E-state index in [1.807, 2.05) is 42.5 Å². The summed E-state index contributed by atoms with van der Waals surface area (Å²) in [4.78, 5) is 50.5. The highest BCUT2D eigenvalue weighted by Crippen LogP contribution is 2.34. The highest BCUT2D eigenvalue weighted by molar-refractivity contribution is 6.22. The van der Waals surface area contributed by atoms with Crippen LogP contribution >= 0.6 is 0 Å². The fourth-order valence-electron chi connectivity index (χ4n) is 4.08. The number of urea groups is 1. The van der Waals surface area contributed by atoms with Gasteiger partial charge in [-0.1, -0.05) is 39.0 Å². The van der Waals surface area contributed by atoms with Crippen LogP contribution in [0.4, 0.5) is 10.5 Å². The van der Waals surface area contributed by atoms with Crippen molar-refractivity contribution in [3.05, 3.63) is 89.5 Å². The van der Waals surface area contributed by atoms with Crippen LogP contribution in [-0.2, 0) is 23.3 Å². The number of pyridine rings is 2. The summed E-state index contributed by atoms with van der Waals surface area (Å²) in [5, 5.41) is 2.80. The SMILES string of the molecule is CC(C)(C)c1ccc(N2C(=O)N(Cc3ccnc(C(=O)NCc4ccccn4)c3)C(C)(C)C2=O)cc1. The lowest BCUT2D eigenvalue weighted by Crippen LogP contribution is -2.43. The van der Waals surface area contributed by atoms with Crippen LogP contribution in [0.3, 0.4) is 0 Å². The van der Waals surface area contributed by atoms with E-state index < -0.39 is 11.6 Å². The van der Waals surface area contributed by atoms with Crippen molar-refractivity contribution in [1.29, 1.82) is 0 Å². The standard InChI is InChI=1S/C28H31N5O3/c1-27(2,3)20-9-11-22(12-10-20)33-25(35)28(4,5)32(26(33)36)18-19-13-15-30-23(16-19)24(34)31-17-21-8-6-7-14-29-21/h6-16H,17-18H2,1-5H3,(H,31,34). The normalized spacial score (nSPS) is 15.4. The van der Waals surface area contributed by atoms with Gasteiger partial charge in [-0.2, -0.15) is 0 Å². The number of benzene rings is 1. The third kappa shape index (κ3) is 4.98. The van der Waals surface area contributed by atoms with E-state index in [4.69, 9.17) is 0 Å². The van der Waals surface area contributed by atoms with Crippen molar-refractivity contribution in [2.24, 2.45) is 0 Å². The highest BCUT2D eigenvalue weighted by atomic mass is 16.2. The maximum atomic E-state index is 13.4. The first-order valence-electron chi connectivity index (χ1n) is 11.9. The monoisotopic (exact) mass is 485 g/mol. The number of hydrogen-bond donors (Lipinski definition) is 1. The summed E-state index contributed by atoms with van der Waals surface area (Å²) < 4.78 is 0. The number of imide groups is 1. The molecule has 1 aliphatic heterocycles. The maximum Gasteiger partial charge on any atom is 0.332 e. The summed E-state index contributed by atoms with van der Waals surface area (Å²) in [6, 6.07) is 16.0. The lowest BCUT2D eigenvalue weighted by Gasteiger charge is -2.27. The molecule has 8 nitrogen and oxygen atoms in total.